The second kappa shape index (κ2) is 8.72. The summed E-state index contributed by atoms with van der Waals surface area (Å²) in [7, 11) is -3.71. The molecule has 0 bridgehead atoms. The Morgan fingerprint density at radius 1 is 0.926 bits per heavy atom. The molecular formula is C22H26O4S. The minimum atomic E-state index is -3.71. The van der Waals surface area contributed by atoms with Gasteiger partial charge in [0.05, 0.1) is 12.0 Å². The van der Waals surface area contributed by atoms with Crippen molar-refractivity contribution in [2.75, 3.05) is 6.61 Å². The molecule has 0 fully saturated rings. The van der Waals surface area contributed by atoms with Crippen LogP contribution < -0.4 is 0 Å². The lowest BCUT2D eigenvalue weighted by atomic mass is 9.90. The SMILES string of the molecule is CCC1(Cc2ccccc2)OS(=O)(=O)C=C1OCCCCc1ccccc1. The van der Waals surface area contributed by atoms with Gasteiger partial charge in [0.25, 0.3) is 10.1 Å². The van der Waals surface area contributed by atoms with Crippen LogP contribution in [0.2, 0.25) is 0 Å². The monoisotopic (exact) mass is 386 g/mol. The third-order valence-electron chi connectivity index (χ3n) is 4.84. The molecule has 27 heavy (non-hydrogen) atoms. The van der Waals surface area contributed by atoms with E-state index in [0.29, 0.717) is 25.2 Å². The van der Waals surface area contributed by atoms with E-state index in [1.165, 1.54) is 5.56 Å². The fourth-order valence-corrected chi connectivity index (χ4v) is 4.65. The molecule has 0 saturated heterocycles. The van der Waals surface area contributed by atoms with Crippen molar-refractivity contribution in [2.24, 2.45) is 0 Å². The van der Waals surface area contributed by atoms with Crippen LogP contribution in [0.15, 0.2) is 71.8 Å². The minimum absolute atomic E-state index is 0.425. The van der Waals surface area contributed by atoms with Gasteiger partial charge in [-0.2, -0.15) is 8.42 Å². The summed E-state index contributed by atoms with van der Waals surface area (Å²) < 4.78 is 35.6. The Bertz CT molecular complexity index is 860. The summed E-state index contributed by atoms with van der Waals surface area (Å²) in [6.45, 7) is 2.41. The van der Waals surface area contributed by atoms with Crippen LogP contribution in [0.3, 0.4) is 0 Å². The lowest BCUT2D eigenvalue weighted by molar-refractivity contribution is 0.0449. The van der Waals surface area contributed by atoms with Crippen molar-refractivity contribution in [1.82, 2.24) is 0 Å². The van der Waals surface area contributed by atoms with Gasteiger partial charge in [-0.1, -0.05) is 67.6 Å². The standard InChI is InChI=1S/C22H26O4S/c1-2-22(17-20-14-7-4-8-15-20)21(18-27(23,24)26-22)25-16-10-9-13-19-11-5-3-6-12-19/h3-8,11-12,14-15,18H,2,9-10,13,16-17H2,1H3. The van der Waals surface area contributed by atoms with E-state index in [2.05, 4.69) is 12.1 Å². The molecule has 0 aliphatic carbocycles. The largest absolute Gasteiger partial charge is 0.494 e. The van der Waals surface area contributed by atoms with E-state index >= 15 is 0 Å². The third-order valence-corrected chi connectivity index (χ3v) is 5.89. The highest BCUT2D eigenvalue weighted by Gasteiger charge is 2.46. The minimum Gasteiger partial charge on any atom is -0.494 e. The van der Waals surface area contributed by atoms with Crippen LogP contribution in [-0.4, -0.2) is 20.6 Å². The van der Waals surface area contributed by atoms with Crippen LogP contribution in [0.4, 0.5) is 0 Å². The lowest BCUT2D eigenvalue weighted by Crippen LogP contribution is -2.35. The molecule has 0 aromatic heterocycles. The molecule has 5 heteroatoms. The van der Waals surface area contributed by atoms with E-state index in [-0.39, 0.29) is 0 Å². The maximum absolute atomic E-state index is 12.1. The zero-order valence-corrected chi connectivity index (χ0v) is 16.5. The summed E-state index contributed by atoms with van der Waals surface area (Å²) in [4.78, 5) is 0. The Kier molecular flexibility index (Phi) is 6.34. The van der Waals surface area contributed by atoms with Gasteiger partial charge in [-0.05, 0) is 36.8 Å². The van der Waals surface area contributed by atoms with Gasteiger partial charge in [-0.25, -0.2) is 0 Å². The van der Waals surface area contributed by atoms with E-state index in [1.807, 2.05) is 55.5 Å². The Morgan fingerprint density at radius 3 is 2.19 bits per heavy atom. The Labute approximate surface area is 162 Å². The van der Waals surface area contributed by atoms with Crippen LogP contribution >= 0.6 is 0 Å². The molecule has 2 aromatic carbocycles. The Morgan fingerprint density at radius 2 is 1.56 bits per heavy atom. The van der Waals surface area contributed by atoms with Crippen molar-refractivity contribution < 1.29 is 17.3 Å². The van der Waals surface area contributed by atoms with Gasteiger partial charge in [0.15, 0.2) is 0 Å². The first-order valence-corrected chi connectivity index (χ1v) is 10.9. The maximum atomic E-state index is 12.1. The van der Waals surface area contributed by atoms with Crippen LogP contribution in [0.1, 0.15) is 37.3 Å². The molecule has 1 unspecified atom stereocenters. The first kappa shape index (κ1) is 19.6. The van der Waals surface area contributed by atoms with Crippen LogP contribution in [0, 0.1) is 0 Å². The summed E-state index contributed by atoms with van der Waals surface area (Å²) >= 11 is 0. The zero-order valence-electron chi connectivity index (χ0n) is 15.6. The quantitative estimate of drug-likeness (QED) is 0.466. The summed E-state index contributed by atoms with van der Waals surface area (Å²) in [5.74, 6) is 0.425. The van der Waals surface area contributed by atoms with E-state index in [4.69, 9.17) is 8.92 Å². The van der Waals surface area contributed by atoms with Gasteiger partial charge in [-0.15, -0.1) is 0 Å². The smallest absolute Gasteiger partial charge is 0.294 e. The fourth-order valence-electron chi connectivity index (χ4n) is 3.35. The van der Waals surface area contributed by atoms with Gasteiger partial charge in [0, 0.05) is 6.42 Å². The normalized spacial score (nSPS) is 21.0. The molecule has 1 aliphatic rings. The van der Waals surface area contributed by atoms with Gasteiger partial charge in [-0.3, -0.25) is 4.18 Å². The molecule has 0 saturated carbocycles. The summed E-state index contributed by atoms with van der Waals surface area (Å²) in [6, 6.07) is 20.1. The molecule has 1 aliphatic heterocycles. The molecule has 0 N–H and O–H groups in total. The highest BCUT2D eigenvalue weighted by molar-refractivity contribution is 7.90. The maximum Gasteiger partial charge on any atom is 0.294 e. The highest BCUT2D eigenvalue weighted by atomic mass is 32.2. The second-order valence-electron chi connectivity index (χ2n) is 6.86. The summed E-state index contributed by atoms with van der Waals surface area (Å²) in [5.41, 5.74) is 1.38. The lowest BCUT2D eigenvalue weighted by Gasteiger charge is -2.28. The Hall–Kier alpha value is -2.11. The molecule has 4 nitrogen and oxygen atoms in total. The van der Waals surface area contributed by atoms with Crippen LogP contribution in [0.5, 0.6) is 0 Å². The highest BCUT2D eigenvalue weighted by Crippen LogP contribution is 2.38. The Balaban J connectivity index is 1.60. The van der Waals surface area contributed by atoms with E-state index in [1.54, 1.807) is 0 Å². The van der Waals surface area contributed by atoms with Crippen molar-refractivity contribution in [3.05, 3.63) is 83.0 Å². The first-order chi connectivity index (χ1) is 13.0. The predicted octanol–water partition coefficient (Wildman–Crippen LogP) is 4.62. The average molecular weight is 387 g/mol. The van der Waals surface area contributed by atoms with E-state index in [9.17, 15) is 8.42 Å². The van der Waals surface area contributed by atoms with E-state index < -0.39 is 15.7 Å². The molecule has 1 heterocycles. The number of ether oxygens (including phenoxy) is 1. The second-order valence-corrected chi connectivity index (χ2v) is 8.25. The van der Waals surface area contributed by atoms with Crippen molar-refractivity contribution >= 4 is 10.1 Å². The predicted molar refractivity (Wildman–Crippen MR) is 107 cm³/mol. The topological polar surface area (TPSA) is 52.6 Å². The van der Waals surface area contributed by atoms with Crippen molar-refractivity contribution in [1.29, 1.82) is 0 Å². The molecule has 0 spiro atoms. The van der Waals surface area contributed by atoms with Crippen LogP contribution in [-0.2, 0) is 31.9 Å². The number of unbranched alkanes of at least 4 members (excludes halogenated alkanes) is 1. The number of hydrogen-bond donors (Lipinski definition) is 0. The summed E-state index contributed by atoms with van der Waals surface area (Å²) in [5, 5.41) is 1.15. The van der Waals surface area contributed by atoms with Crippen molar-refractivity contribution in [3.63, 3.8) is 0 Å². The molecular weight excluding hydrogens is 360 g/mol. The number of rotatable bonds is 9. The van der Waals surface area contributed by atoms with Gasteiger partial charge >= 0.3 is 0 Å². The van der Waals surface area contributed by atoms with Crippen molar-refractivity contribution in [2.45, 2.75) is 44.6 Å². The number of hydrogen-bond acceptors (Lipinski definition) is 4. The zero-order chi connectivity index (χ0) is 19.2. The molecule has 1 atom stereocenters. The number of aryl methyl sites for hydroxylation is 1. The first-order valence-electron chi connectivity index (χ1n) is 9.41. The van der Waals surface area contributed by atoms with Gasteiger partial charge < -0.3 is 4.74 Å². The summed E-state index contributed by atoms with van der Waals surface area (Å²) in [6.07, 6.45) is 3.83. The molecule has 0 amide bonds. The third kappa shape index (κ3) is 5.21. The molecule has 2 aromatic rings. The average Bonchev–Trinajstić information content (AvgIpc) is 2.93. The van der Waals surface area contributed by atoms with Crippen LogP contribution in [0.25, 0.3) is 0 Å². The molecule has 0 radical (unpaired) electrons. The number of benzene rings is 2. The van der Waals surface area contributed by atoms with Gasteiger partial charge in [0.2, 0.25) is 0 Å². The van der Waals surface area contributed by atoms with Gasteiger partial charge in [0.1, 0.15) is 11.4 Å². The fraction of sp³-hybridized carbons (Fsp3) is 0.364. The van der Waals surface area contributed by atoms with E-state index in [0.717, 1.165) is 30.2 Å². The molecule has 3 rings (SSSR count). The van der Waals surface area contributed by atoms with Crippen molar-refractivity contribution in [3.8, 4) is 0 Å². The molecule has 144 valence electrons.